The molecule has 1 N–H and O–H groups in total. The summed E-state index contributed by atoms with van der Waals surface area (Å²) in [7, 11) is 0. The zero-order chi connectivity index (χ0) is 15.0. The van der Waals surface area contributed by atoms with Crippen molar-refractivity contribution in [3.05, 3.63) is 0 Å². The molecule has 1 rings (SSSR count). The minimum Gasteiger partial charge on any atom is -0.480 e. The highest BCUT2D eigenvalue weighted by Gasteiger charge is 2.34. The number of morpholine rings is 1. The van der Waals surface area contributed by atoms with Crippen molar-refractivity contribution in [3.8, 4) is 0 Å². The van der Waals surface area contributed by atoms with Crippen LogP contribution in [-0.2, 0) is 9.53 Å². The molecule has 1 fully saturated rings. The second-order valence-electron chi connectivity index (χ2n) is 5.10. The van der Waals surface area contributed by atoms with Gasteiger partial charge in [0.05, 0.1) is 13.2 Å². The quantitative estimate of drug-likeness (QED) is 0.774. The van der Waals surface area contributed by atoms with E-state index in [1.54, 1.807) is 4.90 Å². The van der Waals surface area contributed by atoms with Crippen molar-refractivity contribution in [2.45, 2.75) is 45.6 Å². The Balaban J connectivity index is 2.71. The van der Waals surface area contributed by atoms with Gasteiger partial charge in [0, 0.05) is 19.6 Å². The molecule has 1 heterocycles. The van der Waals surface area contributed by atoms with Gasteiger partial charge in [-0.15, -0.1) is 0 Å². The fraction of sp³-hybridized carbons (Fsp3) is 0.857. The van der Waals surface area contributed by atoms with Gasteiger partial charge >= 0.3 is 12.0 Å². The highest BCUT2D eigenvalue weighted by atomic mass is 16.5. The van der Waals surface area contributed by atoms with Crippen LogP contribution in [0.2, 0.25) is 0 Å². The maximum Gasteiger partial charge on any atom is 0.328 e. The van der Waals surface area contributed by atoms with E-state index in [0.29, 0.717) is 26.2 Å². The van der Waals surface area contributed by atoms with Crippen molar-refractivity contribution in [1.82, 2.24) is 9.80 Å². The molecule has 0 aliphatic carbocycles. The molecule has 0 bridgehead atoms. The number of carboxylic acid groups (broad SMARTS) is 1. The van der Waals surface area contributed by atoms with Gasteiger partial charge in [0.15, 0.2) is 6.04 Å². The minimum absolute atomic E-state index is 0.0798. The average molecular weight is 286 g/mol. The van der Waals surface area contributed by atoms with Crippen LogP contribution in [0.3, 0.4) is 0 Å². The molecule has 1 atom stereocenters. The number of ether oxygens (including phenoxy) is 1. The summed E-state index contributed by atoms with van der Waals surface area (Å²) in [6, 6.07) is -1.02. The van der Waals surface area contributed by atoms with Crippen molar-refractivity contribution < 1.29 is 19.4 Å². The smallest absolute Gasteiger partial charge is 0.328 e. The van der Waals surface area contributed by atoms with Gasteiger partial charge in [-0.3, -0.25) is 0 Å². The third-order valence-electron chi connectivity index (χ3n) is 3.49. The minimum atomic E-state index is -0.996. The maximum atomic E-state index is 12.6. The second-order valence-corrected chi connectivity index (χ2v) is 5.10. The largest absolute Gasteiger partial charge is 0.480 e. The molecule has 6 heteroatoms. The molecule has 0 aromatic carbocycles. The summed E-state index contributed by atoms with van der Waals surface area (Å²) in [5, 5.41) is 9.20. The monoisotopic (exact) mass is 286 g/mol. The van der Waals surface area contributed by atoms with Crippen LogP contribution in [0.25, 0.3) is 0 Å². The lowest BCUT2D eigenvalue weighted by atomic mass is 10.2. The Bertz CT molecular complexity index is 314. The van der Waals surface area contributed by atoms with Crippen molar-refractivity contribution in [1.29, 1.82) is 0 Å². The van der Waals surface area contributed by atoms with E-state index in [9.17, 15) is 14.7 Å². The zero-order valence-electron chi connectivity index (χ0n) is 12.5. The van der Waals surface area contributed by atoms with Crippen molar-refractivity contribution in [2.24, 2.45) is 0 Å². The van der Waals surface area contributed by atoms with Crippen LogP contribution in [0.4, 0.5) is 4.79 Å². The van der Waals surface area contributed by atoms with Crippen LogP contribution in [0.15, 0.2) is 0 Å². The fourth-order valence-corrected chi connectivity index (χ4v) is 2.22. The number of carbonyl (C=O) groups is 2. The summed E-state index contributed by atoms with van der Waals surface area (Å²) in [5.41, 5.74) is 0. The molecule has 1 aliphatic rings. The standard InChI is InChI=1S/C14H26N2O4/c1-3-5-7-15(8-6-4-2)14(19)16-9-10-20-11-12(16)13(17)18/h12H,3-11H2,1-2H3,(H,17,18). The highest BCUT2D eigenvalue weighted by Crippen LogP contribution is 2.12. The Morgan fingerprint density at radius 1 is 1.25 bits per heavy atom. The van der Waals surface area contributed by atoms with E-state index in [4.69, 9.17) is 4.74 Å². The van der Waals surface area contributed by atoms with E-state index in [2.05, 4.69) is 13.8 Å². The molecule has 1 saturated heterocycles. The first kappa shape index (κ1) is 16.8. The van der Waals surface area contributed by atoms with Gasteiger partial charge in [-0.1, -0.05) is 26.7 Å². The number of hydrogen-bond donors (Lipinski definition) is 1. The van der Waals surface area contributed by atoms with Crippen molar-refractivity contribution in [2.75, 3.05) is 32.8 Å². The number of rotatable bonds is 7. The summed E-state index contributed by atoms with van der Waals surface area (Å²) in [6.07, 6.45) is 3.91. The van der Waals surface area contributed by atoms with E-state index in [-0.39, 0.29) is 12.6 Å². The lowest BCUT2D eigenvalue weighted by Gasteiger charge is -2.37. The summed E-state index contributed by atoms with van der Waals surface area (Å²) >= 11 is 0. The Hall–Kier alpha value is -1.30. The number of amides is 2. The number of carboxylic acids is 1. The zero-order valence-corrected chi connectivity index (χ0v) is 12.5. The van der Waals surface area contributed by atoms with Gasteiger partial charge in [-0.25, -0.2) is 9.59 Å². The van der Waals surface area contributed by atoms with Crippen molar-refractivity contribution >= 4 is 12.0 Å². The lowest BCUT2D eigenvalue weighted by molar-refractivity contribution is -0.147. The molecule has 1 unspecified atom stereocenters. The molecule has 0 radical (unpaired) electrons. The molecule has 116 valence electrons. The Morgan fingerprint density at radius 3 is 2.35 bits per heavy atom. The van der Waals surface area contributed by atoms with E-state index in [0.717, 1.165) is 25.7 Å². The molecule has 0 spiro atoms. The Kier molecular flexibility index (Phi) is 7.36. The van der Waals surface area contributed by atoms with Gasteiger partial charge in [0.1, 0.15) is 0 Å². The normalized spacial score (nSPS) is 18.9. The first-order valence-electron chi connectivity index (χ1n) is 7.47. The topological polar surface area (TPSA) is 70.1 Å². The highest BCUT2D eigenvalue weighted by molar-refractivity contribution is 5.83. The summed E-state index contributed by atoms with van der Waals surface area (Å²) in [4.78, 5) is 27.0. The van der Waals surface area contributed by atoms with E-state index < -0.39 is 12.0 Å². The van der Waals surface area contributed by atoms with Crippen LogP contribution in [-0.4, -0.2) is 65.8 Å². The number of nitrogens with zero attached hydrogens (tertiary/aromatic N) is 2. The lowest BCUT2D eigenvalue weighted by Crippen LogP contribution is -2.56. The van der Waals surface area contributed by atoms with Crippen LogP contribution < -0.4 is 0 Å². The van der Waals surface area contributed by atoms with E-state index in [1.807, 2.05) is 0 Å². The Morgan fingerprint density at radius 2 is 1.85 bits per heavy atom. The molecule has 0 aromatic heterocycles. The molecule has 0 aromatic rings. The summed E-state index contributed by atoms with van der Waals surface area (Å²) < 4.78 is 5.17. The van der Waals surface area contributed by atoms with Gasteiger partial charge in [0.2, 0.25) is 0 Å². The first-order valence-corrected chi connectivity index (χ1v) is 7.47. The molecular formula is C14H26N2O4. The van der Waals surface area contributed by atoms with Crippen LogP contribution >= 0.6 is 0 Å². The van der Waals surface area contributed by atoms with Crippen LogP contribution in [0.5, 0.6) is 0 Å². The second kappa shape index (κ2) is 8.79. The predicted octanol–water partition coefficient (Wildman–Crippen LogP) is 1.79. The molecule has 20 heavy (non-hydrogen) atoms. The Labute approximate surface area is 120 Å². The fourth-order valence-electron chi connectivity index (χ4n) is 2.22. The number of aliphatic carboxylic acids is 1. The third-order valence-corrected chi connectivity index (χ3v) is 3.49. The number of hydrogen-bond acceptors (Lipinski definition) is 3. The number of unbranched alkanes of at least 4 members (excludes halogenated alkanes) is 2. The van der Waals surface area contributed by atoms with Crippen LogP contribution in [0.1, 0.15) is 39.5 Å². The third kappa shape index (κ3) is 4.67. The number of urea groups is 1. The van der Waals surface area contributed by atoms with Gasteiger partial charge in [-0.2, -0.15) is 0 Å². The SMILES string of the molecule is CCCCN(CCCC)C(=O)N1CCOCC1C(=O)O. The van der Waals surface area contributed by atoms with Crippen LogP contribution in [0, 0.1) is 0 Å². The molecule has 6 nitrogen and oxygen atoms in total. The molecule has 2 amide bonds. The first-order chi connectivity index (χ1) is 9.61. The van der Waals surface area contributed by atoms with E-state index >= 15 is 0 Å². The predicted molar refractivity (Wildman–Crippen MR) is 75.7 cm³/mol. The molecule has 0 saturated carbocycles. The van der Waals surface area contributed by atoms with Gasteiger partial charge in [0.25, 0.3) is 0 Å². The van der Waals surface area contributed by atoms with E-state index in [1.165, 1.54) is 4.90 Å². The average Bonchev–Trinajstić information content (AvgIpc) is 2.46. The maximum absolute atomic E-state index is 12.6. The summed E-state index contributed by atoms with van der Waals surface area (Å²) in [6.45, 7) is 6.39. The van der Waals surface area contributed by atoms with Gasteiger partial charge in [-0.05, 0) is 12.8 Å². The summed E-state index contributed by atoms with van der Waals surface area (Å²) in [5.74, 6) is -0.996. The van der Waals surface area contributed by atoms with Gasteiger partial charge < -0.3 is 19.6 Å². The molecule has 1 aliphatic heterocycles. The molecular weight excluding hydrogens is 260 g/mol. The number of carbonyl (C=O) groups excluding carboxylic acids is 1. The van der Waals surface area contributed by atoms with Crippen molar-refractivity contribution in [3.63, 3.8) is 0 Å².